The summed E-state index contributed by atoms with van der Waals surface area (Å²) in [4.78, 5) is 0. The third-order valence-electron chi connectivity index (χ3n) is 3.46. The molecule has 1 nitrogen and oxygen atoms in total. The van der Waals surface area contributed by atoms with Crippen molar-refractivity contribution in [2.75, 3.05) is 6.61 Å². The maximum atomic E-state index is 5.83. The number of hydrogen-bond donors (Lipinski definition) is 0. The van der Waals surface area contributed by atoms with E-state index in [0.29, 0.717) is 6.61 Å². The van der Waals surface area contributed by atoms with Crippen LogP contribution < -0.4 is 4.74 Å². The molecule has 0 aromatic heterocycles. The molecule has 2 aromatic carbocycles. The van der Waals surface area contributed by atoms with E-state index in [1.54, 1.807) is 0 Å². The molecule has 0 unspecified atom stereocenters. The van der Waals surface area contributed by atoms with Gasteiger partial charge in [-0.25, -0.2) is 0 Å². The summed E-state index contributed by atoms with van der Waals surface area (Å²) >= 11 is 0. The van der Waals surface area contributed by atoms with E-state index in [1.807, 2.05) is 30.3 Å². The molecule has 2 aromatic rings. The highest BCUT2D eigenvalue weighted by molar-refractivity contribution is 5.75. The standard InChI is InChI=1S/C19H18O/c1-3-9-17(10-4-1)18-11-7-8-16(14-18)15-20-19-12-5-2-6-13-19/h1-6,9-14H,7-8,15H2. The Balaban J connectivity index is 1.69. The maximum absolute atomic E-state index is 5.83. The van der Waals surface area contributed by atoms with Crippen molar-refractivity contribution in [3.05, 3.63) is 84.0 Å². The number of benzene rings is 2. The minimum atomic E-state index is 0.675. The highest BCUT2D eigenvalue weighted by atomic mass is 16.5. The molecule has 0 bridgehead atoms. The van der Waals surface area contributed by atoms with Crippen LogP contribution >= 0.6 is 0 Å². The van der Waals surface area contributed by atoms with E-state index in [4.69, 9.17) is 4.74 Å². The van der Waals surface area contributed by atoms with Crippen molar-refractivity contribution in [2.24, 2.45) is 0 Å². The van der Waals surface area contributed by atoms with E-state index in [1.165, 1.54) is 16.7 Å². The molecular weight excluding hydrogens is 244 g/mol. The molecule has 0 saturated carbocycles. The molecule has 0 heterocycles. The van der Waals surface area contributed by atoms with Crippen molar-refractivity contribution >= 4 is 5.57 Å². The third-order valence-corrected chi connectivity index (χ3v) is 3.46. The number of allylic oxidation sites excluding steroid dienone is 3. The minimum absolute atomic E-state index is 0.675. The quantitative estimate of drug-likeness (QED) is 0.764. The van der Waals surface area contributed by atoms with Gasteiger partial charge in [0.15, 0.2) is 0 Å². The van der Waals surface area contributed by atoms with Gasteiger partial charge >= 0.3 is 0 Å². The smallest absolute Gasteiger partial charge is 0.119 e. The Kier molecular flexibility index (Phi) is 3.98. The Labute approximate surface area is 120 Å². The molecule has 0 saturated heterocycles. The second-order valence-corrected chi connectivity index (χ2v) is 4.97. The number of hydrogen-bond acceptors (Lipinski definition) is 1. The molecule has 1 aliphatic rings. The Morgan fingerprint density at radius 1 is 0.850 bits per heavy atom. The third kappa shape index (κ3) is 3.18. The summed E-state index contributed by atoms with van der Waals surface area (Å²) < 4.78 is 5.83. The van der Waals surface area contributed by atoms with Gasteiger partial charge in [0.2, 0.25) is 0 Å². The van der Waals surface area contributed by atoms with E-state index in [9.17, 15) is 0 Å². The van der Waals surface area contributed by atoms with Crippen molar-refractivity contribution in [2.45, 2.75) is 12.8 Å². The van der Waals surface area contributed by atoms with Gasteiger partial charge in [0.05, 0.1) is 0 Å². The van der Waals surface area contributed by atoms with Crippen molar-refractivity contribution in [1.29, 1.82) is 0 Å². The average Bonchev–Trinajstić information content (AvgIpc) is 2.55. The molecule has 0 amide bonds. The van der Waals surface area contributed by atoms with Crippen LogP contribution in [0.2, 0.25) is 0 Å². The van der Waals surface area contributed by atoms with Crippen LogP contribution in [0.15, 0.2) is 78.4 Å². The summed E-state index contributed by atoms with van der Waals surface area (Å²) in [5, 5.41) is 0. The molecule has 0 atom stereocenters. The summed E-state index contributed by atoms with van der Waals surface area (Å²) in [7, 11) is 0. The average molecular weight is 262 g/mol. The van der Waals surface area contributed by atoms with Crippen LogP contribution in [0.3, 0.4) is 0 Å². The van der Waals surface area contributed by atoms with Gasteiger partial charge in [-0.15, -0.1) is 0 Å². The number of rotatable bonds is 4. The maximum Gasteiger partial charge on any atom is 0.119 e. The summed E-state index contributed by atoms with van der Waals surface area (Å²) in [6.45, 7) is 0.675. The first-order valence-corrected chi connectivity index (χ1v) is 7.05. The van der Waals surface area contributed by atoms with Gasteiger partial charge in [-0.05, 0) is 41.7 Å². The van der Waals surface area contributed by atoms with Crippen molar-refractivity contribution < 1.29 is 4.74 Å². The predicted octanol–water partition coefficient (Wildman–Crippen LogP) is 4.87. The van der Waals surface area contributed by atoms with Crippen LogP contribution in [-0.2, 0) is 0 Å². The van der Waals surface area contributed by atoms with Crippen LogP contribution in [0.4, 0.5) is 0 Å². The fourth-order valence-electron chi connectivity index (χ4n) is 2.40. The monoisotopic (exact) mass is 262 g/mol. The summed E-state index contributed by atoms with van der Waals surface area (Å²) in [6.07, 6.45) is 6.75. The lowest BCUT2D eigenvalue weighted by atomic mass is 9.95. The lowest BCUT2D eigenvalue weighted by molar-refractivity contribution is 0.347. The van der Waals surface area contributed by atoms with E-state index >= 15 is 0 Å². The molecule has 0 aliphatic heterocycles. The van der Waals surface area contributed by atoms with Gasteiger partial charge in [0.1, 0.15) is 12.4 Å². The van der Waals surface area contributed by atoms with Gasteiger partial charge in [-0.1, -0.05) is 60.7 Å². The Bertz CT molecular complexity index is 609. The van der Waals surface area contributed by atoms with Gasteiger partial charge in [0.25, 0.3) is 0 Å². The van der Waals surface area contributed by atoms with Crippen LogP contribution in [0, 0.1) is 0 Å². The Morgan fingerprint density at radius 2 is 1.55 bits per heavy atom. The second-order valence-electron chi connectivity index (χ2n) is 4.97. The lowest BCUT2D eigenvalue weighted by Crippen LogP contribution is -2.04. The topological polar surface area (TPSA) is 9.23 Å². The zero-order chi connectivity index (χ0) is 13.6. The molecule has 3 rings (SSSR count). The predicted molar refractivity (Wildman–Crippen MR) is 83.7 cm³/mol. The van der Waals surface area contributed by atoms with E-state index in [-0.39, 0.29) is 0 Å². The first-order chi connectivity index (χ1) is 9.92. The van der Waals surface area contributed by atoms with Crippen molar-refractivity contribution in [3.8, 4) is 5.75 Å². The van der Waals surface area contributed by atoms with E-state index < -0.39 is 0 Å². The van der Waals surface area contributed by atoms with Gasteiger partial charge in [0, 0.05) is 0 Å². The normalized spacial score (nSPS) is 14.4. The fraction of sp³-hybridized carbons (Fsp3) is 0.158. The van der Waals surface area contributed by atoms with Gasteiger partial charge in [-0.3, -0.25) is 0 Å². The molecular formula is C19H18O. The second kappa shape index (κ2) is 6.25. The SMILES string of the molecule is C1=C(COc2ccccc2)CCC=C1c1ccccc1. The van der Waals surface area contributed by atoms with Gasteiger partial charge < -0.3 is 4.74 Å². The van der Waals surface area contributed by atoms with Crippen LogP contribution in [0.1, 0.15) is 18.4 Å². The lowest BCUT2D eigenvalue weighted by Gasteiger charge is -2.15. The molecule has 0 fully saturated rings. The number of para-hydroxylation sites is 1. The Hall–Kier alpha value is -2.28. The molecule has 0 spiro atoms. The molecule has 100 valence electrons. The summed E-state index contributed by atoms with van der Waals surface area (Å²) in [5.41, 5.74) is 3.95. The fourth-order valence-corrected chi connectivity index (χ4v) is 2.40. The van der Waals surface area contributed by atoms with Crippen LogP contribution in [0.25, 0.3) is 5.57 Å². The zero-order valence-corrected chi connectivity index (χ0v) is 11.5. The van der Waals surface area contributed by atoms with Gasteiger partial charge in [-0.2, -0.15) is 0 Å². The first-order valence-electron chi connectivity index (χ1n) is 7.05. The molecule has 0 N–H and O–H groups in total. The zero-order valence-electron chi connectivity index (χ0n) is 11.5. The molecule has 0 radical (unpaired) electrons. The summed E-state index contributed by atoms with van der Waals surface area (Å²) in [6, 6.07) is 20.5. The highest BCUT2D eigenvalue weighted by Crippen LogP contribution is 2.25. The van der Waals surface area contributed by atoms with E-state index in [0.717, 1.165) is 18.6 Å². The Morgan fingerprint density at radius 3 is 2.30 bits per heavy atom. The van der Waals surface area contributed by atoms with E-state index in [2.05, 4.69) is 42.5 Å². The molecule has 1 aliphatic carbocycles. The number of ether oxygens (including phenoxy) is 1. The van der Waals surface area contributed by atoms with Crippen LogP contribution in [0.5, 0.6) is 5.75 Å². The summed E-state index contributed by atoms with van der Waals surface area (Å²) in [5.74, 6) is 0.934. The minimum Gasteiger partial charge on any atom is -0.489 e. The molecule has 1 heteroatoms. The van der Waals surface area contributed by atoms with Crippen molar-refractivity contribution in [3.63, 3.8) is 0 Å². The largest absolute Gasteiger partial charge is 0.489 e. The van der Waals surface area contributed by atoms with Crippen molar-refractivity contribution in [1.82, 2.24) is 0 Å². The molecule has 20 heavy (non-hydrogen) atoms. The highest BCUT2D eigenvalue weighted by Gasteiger charge is 2.07. The first kappa shape index (κ1) is 12.7. The van der Waals surface area contributed by atoms with Crippen LogP contribution in [-0.4, -0.2) is 6.61 Å².